The van der Waals surface area contributed by atoms with E-state index >= 15 is 0 Å². The highest BCUT2D eigenvalue weighted by Gasteiger charge is 2.20. The van der Waals surface area contributed by atoms with E-state index in [0.717, 1.165) is 0 Å². The van der Waals surface area contributed by atoms with Crippen molar-refractivity contribution in [1.82, 2.24) is 4.98 Å². The summed E-state index contributed by atoms with van der Waals surface area (Å²) in [6.07, 6.45) is 1.41. The molecule has 1 heterocycles. The number of pyridine rings is 1. The van der Waals surface area contributed by atoms with Gasteiger partial charge in [-0.3, -0.25) is 4.72 Å². The average molecular weight is 367 g/mol. The number of aryl methyl sites for hydroxylation is 1. The lowest BCUT2D eigenvalue weighted by Gasteiger charge is -2.12. The summed E-state index contributed by atoms with van der Waals surface area (Å²) in [6, 6.07) is 8.08. The summed E-state index contributed by atoms with van der Waals surface area (Å²) in [5.74, 6) is -0.0974. The molecule has 0 amide bonds. The molecule has 2 aromatic rings. The van der Waals surface area contributed by atoms with Gasteiger partial charge in [-0.25, -0.2) is 13.4 Å². The minimum atomic E-state index is -3.89. The van der Waals surface area contributed by atoms with Crippen LogP contribution in [0, 0.1) is 18.3 Å². The van der Waals surface area contributed by atoms with Crippen LogP contribution in [-0.2, 0) is 10.0 Å². The maximum absolute atomic E-state index is 12.4. The molecular weight excluding hydrogens is 356 g/mol. The highest BCUT2D eigenvalue weighted by molar-refractivity contribution is 9.10. The lowest BCUT2D eigenvalue weighted by atomic mass is 10.1. The van der Waals surface area contributed by atoms with Crippen LogP contribution in [0.5, 0.6) is 0 Å². The van der Waals surface area contributed by atoms with Gasteiger partial charge in [-0.1, -0.05) is 6.07 Å². The first-order chi connectivity index (χ1) is 9.83. The number of halogens is 1. The smallest absolute Gasteiger partial charge is 0.265 e. The lowest BCUT2D eigenvalue weighted by Crippen LogP contribution is -2.16. The second-order valence-electron chi connectivity index (χ2n) is 4.28. The van der Waals surface area contributed by atoms with Crippen LogP contribution in [0.3, 0.4) is 0 Å². The van der Waals surface area contributed by atoms with Gasteiger partial charge in [-0.2, -0.15) is 5.26 Å². The predicted octanol–water partition coefficient (Wildman–Crippen LogP) is 2.41. The molecule has 0 fully saturated rings. The Kier molecular flexibility index (Phi) is 4.16. The number of nitrogens with two attached hydrogens (primary N) is 1. The zero-order valence-corrected chi connectivity index (χ0v) is 13.4. The van der Waals surface area contributed by atoms with E-state index in [2.05, 4.69) is 25.6 Å². The first-order valence-electron chi connectivity index (χ1n) is 5.78. The van der Waals surface area contributed by atoms with E-state index in [9.17, 15) is 8.42 Å². The molecule has 0 spiro atoms. The molecule has 1 aromatic carbocycles. The quantitative estimate of drug-likeness (QED) is 0.866. The number of nitrogens with one attached hydrogen (secondary N) is 1. The number of sulfonamides is 1. The number of nitrogen functional groups attached to an aromatic ring is 1. The van der Waals surface area contributed by atoms with E-state index in [1.54, 1.807) is 19.1 Å². The summed E-state index contributed by atoms with van der Waals surface area (Å²) in [5.41, 5.74) is 7.00. The molecule has 0 aliphatic heterocycles. The molecule has 2 rings (SSSR count). The lowest BCUT2D eigenvalue weighted by molar-refractivity contribution is 0.601. The fraction of sp³-hybridized carbons (Fsp3) is 0.0769. The summed E-state index contributed by atoms with van der Waals surface area (Å²) < 4.78 is 27.7. The third-order valence-electron chi connectivity index (χ3n) is 2.75. The number of nitriles is 1. The molecule has 0 aliphatic rings. The number of benzene rings is 1. The second-order valence-corrected chi connectivity index (χ2v) is 6.85. The fourth-order valence-corrected chi connectivity index (χ4v) is 3.36. The van der Waals surface area contributed by atoms with Crippen molar-refractivity contribution in [2.45, 2.75) is 11.8 Å². The van der Waals surface area contributed by atoms with Crippen molar-refractivity contribution in [2.24, 2.45) is 0 Å². The monoisotopic (exact) mass is 366 g/mol. The van der Waals surface area contributed by atoms with E-state index in [4.69, 9.17) is 11.0 Å². The Morgan fingerprint density at radius 3 is 2.76 bits per heavy atom. The summed E-state index contributed by atoms with van der Waals surface area (Å²) in [6.45, 7) is 1.74. The number of hydrogen-bond acceptors (Lipinski definition) is 5. The molecule has 6 nitrogen and oxygen atoms in total. The molecule has 21 heavy (non-hydrogen) atoms. The van der Waals surface area contributed by atoms with Crippen molar-refractivity contribution in [3.05, 3.63) is 46.1 Å². The molecule has 0 bridgehead atoms. The van der Waals surface area contributed by atoms with Gasteiger partial charge in [-0.15, -0.1) is 0 Å². The molecule has 0 aliphatic carbocycles. The van der Waals surface area contributed by atoms with Crippen molar-refractivity contribution in [3.63, 3.8) is 0 Å². The van der Waals surface area contributed by atoms with Crippen molar-refractivity contribution >= 4 is 37.5 Å². The molecule has 8 heteroatoms. The number of hydrogen-bond donors (Lipinski definition) is 2. The van der Waals surface area contributed by atoms with Crippen LogP contribution in [0.4, 0.5) is 11.5 Å². The molecule has 0 saturated heterocycles. The molecule has 1 aromatic heterocycles. The van der Waals surface area contributed by atoms with E-state index in [1.165, 1.54) is 18.3 Å². The van der Waals surface area contributed by atoms with E-state index in [-0.39, 0.29) is 10.7 Å². The molecule has 0 saturated carbocycles. The van der Waals surface area contributed by atoms with Crippen LogP contribution >= 0.6 is 15.9 Å². The van der Waals surface area contributed by atoms with Gasteiger partial charge in [-0.05, 0) is 46.6 Å². The molecular formula is C13H11BrN4O2S. The van der Waals surface area contributed by atoms with Crippen LogP contribution in [-0.4, -0.2) is 13.4 Å². The van der Waals surface area contributed by atoms with Crippen LogP contribution in [0.2, 0.25) is 0 Å². The van der Waals surface area contributed by atoms with E-state index < -0.39 is 10.0 Å². The van der Waals surface area contributed by atoms with E-state index in [0.29, 0.717) is 21.3 Å². The Bertz CT molecular complexity index is 844. The Balaban J connectivity index is 2.47. The first-order valence-corrected chi connectivity index (χ1v) is 8.05. The van der Waals surface area contributed by atoms with Crippen molar-refractivity contribution < 1.29 is 8.42 Å². The van der Waals surface area contributed by atoms with Gasteiger partial charge in [0.25, 0.3) is 10.0 Å². The standard InChI is InChI=1S/C13H11BrN4O2S/c1-8-2-3-9(6-15)4-11(8)18-21(19,20)12-5-10(14)7-17-13(12)16/h2-5,7,18H,1H3,(H2,16,17). The maximum Gasteiger partial charge on any atom is 0.265 e. The van der Waals surface area contributed by atoms with Crippen LogP contribution in [0.15, 0.2) is 39.8 Å². The number of rotatable bonds is 3. The highest BCUT2D eigenvalue weighted by atomic mass is 79.9. The van der Waals surface area contributed by atoms with Gasteiger partial charge < -0.3 is 5.73 Å². The average Bonchev–Trinajstić information content (AvgIpc) is 2.43. The highest BCUT2D eigenvalue weighted by Crippen LogP contribution is 2.25. The Morgan fingerprint density at radius 1 is 1.38 bits per heavy atom. The molecule has 3 N–H and O–H groups in total. The fourth-order valence-electron chi connectivity index (χ4n) is 1.65. The summed E-state index contributed by atoms with van der Waals surface area (Å²) in [4.78, 5) is 3.68. The van der Waals surface area contributed by atoms with Crippen LogP contribution in [0.1, 0.15) is 11.1 Å². The van der Waals surface area contributed by atoms with Crippen molar-refractivity contribution in [2.75, 3.05) is 10.5 Å². The Labute approximate surface area is 130 Å². The summed E-state index contributed by atoms with van der Waals surface area (Å²) >= 11 is 3.16. The number of nitrogens with zero attached hydrogens (tertiary/aromatic N) is 2. The van der Waals surface area contributed by atoms with E-state index in [1.807, 2.05) is 6.07 Å². The van der Waals surface area contributed by atoms with Crippen molar-refractivity contribution in [1.29, 1.82) is 5.26 Å². The normalized spacial score (nSPS) is 10.9. The third-order valence-corrected chi connectivity index (χ3v) is 4.58. The van der Waals surface area contributed by atoms with Gasteiger partial charge >= 0.3 is 0 Å². The SMILES string of the molecule is Cc1ccc(C#N)cc1NS(=O)(=O)c1cc(Br)cnc1N. The Morgan fingerprint density at radius 2 is 2.10 bits per heavy atom. The predicted molar refractivity (Wildman–Crippen MR) is 83.1 cm³/mol. The van der Waals surface area contributed by atoms with Gasteiger partial charge in [0.15, 0.2) is 0 Å². The van der Waals surface area contributed by atoms with Crippen molar-refractivity contribution in [3.8, 4) is 6.07 Å². The van der Waals surface area contributed by atoms with Gasteiger partial charge in [0.2, 0.25) is 0 Å². The maximum atomic E-state index is 12.4. The summed E-state index contributed by atoms with van der Waals surface area (Å²) in [5, 5.41) is 8.89. The molecule has 108 valence electrons. The number of aromatic nitrogens is 1. The largest absolute Gasteiger partial charge is 0.383 e. The van der Waals surface area contributed by atoms with Crippen LogP contribution in [0.25, 0.3) is 0 Å². The number of anilines is 2. The minimum Gasteiger partial charge on any atom is -0.383 e. The topological polar surface area (TPSA) is 109 Å². The molecule has 0 radical (unpaired) electrons. The van der Waals surface area contributed by atoms with Gasteiger partial charge in [0.1, 0.15) is 10.7 Å². The zero-order chi connectivity index (χ0) is 15.6. The second kappa shape index (κ2) is 5.71. The third kappa shape index (κ3) is 3.32. The Hall–Kier alpha value is -2.11. The summed E-state index contributed by atoms with van der Waals surface area (Å²) in [7, 11) is -3.89. The molecule has 0 unspecified atom stereocenters. The van der Waals surface area contributed by atoms with Gasteiger partial charge in [0.05, 0.1) is 17.3 Å². The minimum absolute atomic E-state index is 0.0974. The van der Waals surface area contributed by atoms with Gasteiger partial charge in [0, 0.05) is 10.7 Å². The zero-order valence-electron chi connectivity index (χ0n) is 11.0. The first kappa shape index (κ1) is 15.3. The van der Waals surface area contributed by atoms with Crippen LogP contribution < -0.4 is 10.5 Å². The molecule has 0 atom stereocenters.